The van der Waals surface area contributed by atoms with Crippen LogP contribution < -0.4 is 10.3 Å². The second-order valence-corrected chi connectivity index (χ2v) is 5.12. The van der Waals surface area contributed by atoms with Crippen molar-refractivity contribution in [2.45, 2.75) is 33.7 Å². The summed E-state index contributed by atoms with van der Waals surface area (Å²) in [6.07, 6.45) is 0. The molecule has 102 valence electrons. The van der Waals surface area contributed by atoms with Gasteiger partial charge in [-0.1, -0.05) is 32.0 Å². The van der Waals surface area contributed by atoms with Crippen LogP contribution in [0.5, 0.6) is 5.88 Å². The first-order valence-electron chi connectivity index (χ1n) is 6.62. The van der Waals surface area contributed by atoms with E-state index in [2.05, 4.69) is 31.3 Å². The summed E-state index contributed by atoms with van der Waals surface area (Å²) in [4.78, 5) is 5.69. The number of nitrogens with one attached hydrogen (secondary N) is 1. The summed E-state index contributed by atoms with van der Waals surface area (Å²) in [7, 11) is 0. The predicted molar refractivity (Wildman–Crippen MR) is 76.4 cm³/mol. The summed E-state index contributed by atoms with van der Waals surface area (Å²) < 4.78 is 1.80. The van der Waals surface area contributed by atoms with Crippen LogP contribution >= 0.6 is 0 Å². The van der Waals surface area contributed by atoms with Crippen LogP contribution in [0.1, 0.15) is 26.5 Å². The van der Waals surface area contributed by atoms with Crippen molar-refractivity contribution in [3.8, 4) is 11.6 Å². The topological polar surface area (TPSA) is 39.1 Å². The van der Waals surface area contributed by atoms with Crippen molar-refractivity contribution in [3.05, 3.63) is 42.1 Å². The van der Waals surface area contributed by atoms with E-state index in [1.54, 1.807) is 4.68 Å². The lowest BCUT2D eigenvalue weighted by atomic mass is 10.1. The monoisotopic (exact) mass is 259 g/mol. The van der Waals surface area contributed by atoms with Crippen molar-refractivity contribution in [2.75, 3.05) is 0 Å². The van der Waals surface area contributed by atoms with Gasteiger partial charge in [-0.15, -0.1) is 0 Å². The van der Waals surface area contributed by atoms with E-state index in [0.717, 1.165) is 11.4 Å². The van der Waals surface area contributed by atoms with Crippen LogP contribution in [0.15, 0.2) is 36.4 Å². The molecular formula is C15H21N3O. The molecular weight excluding hydrogens is 238 g/mol. The number of benzene rings is 1. The Kier molecular flexibility index (Phi) is 4.22. The molecule has 0 radical (unpaired) electrons. The van der Waals surface area contributed by atoms with Crippen molar-refractivity contribution in [3.63, 3.8) is 0 Å². The largest absolute Gasteiger partial charge is 0.388 e. The van der Waals surface area contributed by atoms with E-state index < -0.39 is 0 Å². The van der Waals surface area contributed by atoms with Crippen LogP contribution in [-0.4, -0.2) is 15.8 Å². The third-order valence-electron chi connectivity index (χ3n) is 3.15. The molecule has 1 aromatic heterocycles. The Labute approximate surface area is 114 Å². The number of hydrogen-bond acceptors (Lipinski definition) is 3. The van der Waals surface area contributed by atoms with Crippen LogP contribution in [-0.2, 0) is 0 Å². The van der Waals surface area contributed by atoms with Gasteiger partial charge in [-0.2, -0.15) is 15.3 Å². The zero-order valence-corrected chi connectivity index (χ0v) is 11.9. The molecule has 19 heavy (non-hydrogen) atoms. The number of aromatic nitrogens is 2. The van der Waals surface area contributed by atoms with Gasteiger partial charge in [-0.3, -0.25) is 0 Å². The third-order valence-corrected chi connectivity index (χ3v) is 3.15. The minimum Gasteiger partial charge on any atom is -0.388 e. The quantitative estimate of drug-likeness (QED) is 0.839. The molecule has 0 saturated heterocycles. The fourth-order valence-electron chi connectivity index (χ4n) is 1.59. The Hall–Kier alpha value is -1.81. The standard InChI is InChI=1S/C15H21N3O/c1-11(2)13(4)17-19-15-10-12(3)16-18(15)14-8-6-5-7-9-14/h5-11,13,17H,1-4H3. The molecule has 0 fully saturated rings. The highest BCUT2D eigenvalue weighted by molar-refractivity contribution is 5.35. The summed E-state index contributed by atoms with van der Waals surface area (Å²) in [5, 5.41) is 4.46. The number of hydroxylamine groups is 1. The van der Waals surface area contributed by atoms with E-state index in [-0.39, 0.29) is 6.04 Å². The highest BCUT2D eigenvalue weighted by Gasteiger charge is 2.12. The maximum atomic E-state index is 5.69. The van der Waals surface area contributed by atoms with Gasteiger partial charge in [0, 0.05) is 12.1 Å². The van der Waals surface area contributed by atoms with E-state index >= 15 is 0 Å². The molecule has 2 rings (SSSR count). The van der Waals surface area contributed by atoms with Gasteiger partial charge in [0.25, 0.3) is 0 Å². The van der Waals surface area contributed by atoms with E-state index in [1.165, 1.54) is 0 Å². The Morgan fingerprint density at radius 2 is 1.84 bits per heavy atom. The second-order valence-electron chi connectivity index (χ2n) is 5.12. The third kappa shape index (κ3) is 3.35. The van der Waals surface area contributed by atoms with Gasteiger partial charge in [-0.05, 0) is 31.9 Å². The molecule has 1 heterocycles. The Morgan fingerprint density at radius 3 is 2.47 bits per heavy atom. The highest BCUT2D eigenvalue weighted by Crippen LogP contribution is 2.18. The number of hydrogen-bond donors (Lipinski definition) is 1. The van der Waals surface area contributed by atoms with E-state index in [0.29, 0.717) is 11.8 Å². The van der Waals surface area contributed by atoms with Crippen molar-refractivity contribution >= 4 is 0 Å². The second kappa shape index (κ2) is 5.89. The molecule has 0 amide bonds. The lowest BCUT2D eigenvalue weighted by Crippen LogP contribution is -2.34. The summed E-state index contributed by atoms with van der Waals surface area (Å²) >= 11 is 0. The van der Waals surface area contributed by atoms with Crippen LogP contribution in [0, 0.1) is 12.8 Å². The van der Waals surface area contributed by atoms with Crippen LogP contribution in [0.3, 0.4) is 0 Å². The molecule has 1 N–H and O–H groups in total. The van der Waals surface area contributed by atoms with Gasteiger partial charge < -0.3 is 4.84 Å². The number of para-hydroxylation sites is 1. The van der Waals surface area contributed by atoms with Gasteiger partial charge >= 0.3 is 0 Å². The van der Waals surface area contributed by atoms with Gasteiger partial charge in [0.15, 0.2) is 0 Å². The Bertz CT molecular complexity index is 519. The normalized spacial score (nSPS) is 12.7. The zero-order valence-electron chi connectivity index (χ0n) is 11.9. The molecule has 0 aliphatic carbocycles. The molecule has 1 aromatic carbocycles. The molecule has 0 saturated carbocycles. The van der Waals surface area contributed by atoms with Gasteiger partial charge in [0.2, 0.25) is 5.88 Å². The molecule has 4 heteroatoms. The van der Waals surface area contributed by atoms with Crippen molar-refractivity contribution in [1.82, 2.24) is 15.3 Å². The number of nitrogens with zero attached hydrogens (tertiary/aromatic N) is 2. The molecule has 0 aliphatic rings. The van der Waals surface area contributed by atoms with E-state index in [1.807, 2.05) is 43.3 Å². The zero-order chi connectivity index (χ0) is 13.8. The Morgan fingerprint density at radius 1 is 1.16 bits per heavy atom. The van der Waals surface area contributed by atoms with Crippen LogP contribution in [0.2, 0.25) is 0 Å². The van der Waals surface area contributed by atoms with E-state index in [4.69, 9.17) is 4.84 Å². The lowest BCUT2D eigenvalue weighted by molar-refractivity contribution is 0.129. The summed E-state index contributed by atoms with van der Waals surface area (Å²) in [6.45, 7) is 8.36. The predicted octanol–water partition coefficient (Wildman–Crippen LogP) is 3.11. The van der Waals surface area contributed by atoms with Gasteiger partial charge in [0.1, 0.15) is 0 Å². The molecule has 0 spiro atoms. The fraction of sp³-hybridized carbons (Fsp3) is 0.400. The highest BCUT2D eigenvalue weighted by atomic mass is 16.7. The van der Waals surface area contributed by atoms with Crippen LogP contribution in [0.4, 0.5) is 0 Å². The van der Waals surface area contributed by atoms with Crippen LogP contribution in [0.25, 0.3) is 5.69 Å². The maximum absolute atomic E-state index is 5.69. The summed E-state index contributed by atoms with van der Waals surface area (Å²) in [5.74, 6) is 1.21. The minimum atomic E-state index is 0.277. The first-order valence-corrected chi connectivity index (χ1v) is 6.62. The molecule has 0 aliphatic heterocycles. The summed E-state index contributed by atoms with van der Waals surface area (Å²) in [6, 6.07) is 12.2. The molecule has 1 atom stereocenters. The van der Waals surface area contributed by atoms with Gasteiger partial charge in [0.05, 0.1) is 11.4 Å². The van der Waals surface area contributed by atoms with E-state index in [9.17, 15) is 0 Å². The maximum Gasteiger partial charge on any atom is 0.241 e. The molecule has 0 bridgehead atoms. The SMILES string of the molecule is Cc1cc(ONC(C)C(C)C)n(-c2ccccc2)n1. The average Bonchev–Trinajstić information content (AvgIpc) is 2.78. The smallest absolute Gasteiger partial charge is 0.241 e. The van der Waals surface area contributed by atoms with Crippen molar-refractivity contribution in [2.24, 2.45) is 5.92 Å². The molecule has 1 unspecified atom stereocenters. The average molecular weight is 259 g/mol. The number of aryl methyl sites for hydroxylation is 1. The summed E-state index contributed by atoms with van der Waals surface area (Å²) in [5.41, 5.74) is 4.98. The molecule has 2 aromatic rings. The Balaban J connectivity index is 2.18. The fourth-order valence-corrected chi connectivity index (χ4v) is 1.59. The first-order chi connectivity index (χ1) is 9.08. The minimum absolute atomic E-state index is 0.277. The van der Waals surface area contributed by atoms with Gasteiger partial charge in [-0.25, -0.2) is 0 Å². The lowest BCUT2D eigenvalue weighted by Gasteiger charge is -2.17. The number of rotatable bonds is 5. The molecule has 4 nitrogen and oxygen atoms in total. The van der Waals surface area contributed by atoms with Crippen molar-refractivity contribution < 1.29 is 4.84 Å². The van der Waals surface area contributed by atoms with Crippen molar-refractivity contribution in [1.29, 1.82) is 0 Å². The first kappa shape index (κ1) is 13.6.